The molecule has 0 spiro atoms. The smallest absolute Gasteiger partial charge is 0.244 e. The van der Waals surface area contributed by atoms with Crippen LogP contribution in [0.5, 0.6) is 11.5 Å². The number of pyridine rings is 1. The van der Waals surface area contributed by atoms with Crippen molar-refractivity contribution in [2.75, 3.05) is 14.2 Å². The van der Waals surface area contributed by atoms with Gasteiger partial charge in [-0.05, 0) is 30.3 Å². The van der Waals surface area contributed by atoms with Crippen molar-refractivity contribution in [1.29, 1.82) is 0 Å². The molecule has 128 valence electrons. The van der Waals surface area contributed by atoms with Crippen molar-refractivity contribution in [3.63, 3.8) is 0 Å². The summed E-state index contributed by atoms with van der Waals surface area (Å²) in [6.45, 7) is 0.286. The Morgan fingerprint density at radius 3 is 2.88 bits per heavy atom. The molecule has 0 aliphatic carbocycles. The number of carbonyl (C=O) groups is 1. The van der Waals surface area contributed by atoms with Crippen molar-refractivity contribution < 1.29 is 14.3 Å². The highest BCUT2D eigenvalue weighted by Gasteiger charge is 2.06. The first kappa shape index (κ1) is 16.5. The number of methoxy groups -OCH3 is 2. The van der Waals surface area contributed by atoms with Gasteiger partial charge in [0, 0.05) is 23.9 Å². The van der Waals surface area contributed by atoms with Gasteiger partial charge in [0.25, 0.3) is 0 Å². The summed E-state index contributed by atoms with van der Waals surface area (Å²) in [6.07, 6.45) is 5.00. The van der Waals surface area contributed by atoms with Crippen LogP contribution in [0.2, 0.25) is 0 Å². The number of ether oxygens (including phenoxy) is 2. The van der Waals surface area contributed by atoms with E-state index in [-0.39, 0.29) is 12.5 Å². The number of benzene rings is 1. The Morgan fingerprint density at radius 2 is 2.08 bits per heavy atom. The summed E-state index contributed by atoms with van der Waals surface area (Å²) in [5.74, 6) is 1.76. The number of nitrogens with one attached hydrogen (secondary N) is 1. The van der Waals surface area contributed by atoms with Crippen molar-refractivity contribution in [2.45, 2.75) is 6.54 Å². The van der Waals surface area contributed by atoms with Crippen molar-refractivity contribution >= 4 is 17.6 Å². The molecule has 1 N–H and O–H groups in total. The molecular weight excluding hydrogens is 320 g/mol. The van der Waals surface area contributed by atoms with E-state index in [0.717, 1.165) is 11.2 Å². The fourth-order valence-corrected chi connectivity index (χ4v) is 2.36. The molecule has 3 aromatic rings. The fraction of sp³-hybridized carbons (Fsp3) is 0.167. The van der Waals surface area contributed by atoms with Crippen LogP contribution in [-0.4, -0.2) is 34.7 Å². The average molecular weight is 338 g/mol. The molecule has 2 heterocycles. The van der Waals surface area contributed by atoms with Gasteiger partial charge < -0.3 is 14.8 Å². The number of aromatic nitrogens is 3. The minimum Gasteiger partial charge on any atom is -0.497 e. The molecule has 0 radical (unpaired) electrons. The number of carbonyl (C=O) groups excluding carboxylic acids is 1. The summed E-state index contributed by atoms with van der Waals surface area (Å²) < 4.78 is 12.3. The third-order valence-electron chi connectivity index (χ3n) is 3.66. The molecule has 0 unspecified atom stereocenters. The molecule has 0 atom stereocenters. The predicted octanol–water partition coefficient (Wildman–Crippen LogP) is 2.08. The van der Waals surface area contributed by atoms with Crippen molar-refractivity contribution in [1.82, 2.24) is 19.9 Å². The Hall–Kier alpha value is -3.35. The zero-order valence-electron chi connectivity index (χ0n) is 14.0. The maximum atomic E-state index is 12.0. The summed E-state index contributed by atoms with van der Waals surface area (Å²) in [5.41, 5.74) is 1.52. The van der Waals surface area contributed by atoms with Crippen LogP contribution < -0.4 is 14.8 Å². The Bertz CT molecular complexity index is 918. The van der Waals surface area contributed by atoms with E-state index in [1.165, 1.54) is 6.08 Å². The molecule has 0 saturated heterocycles. The number of hydrogen-bond acceptors (Lipinski definition) is 5. The van der Waals surface area contributed by atoms with E-state index >= 15 is 0 Å². The van der Waals surface area contributed by atoms with Crippen molar-refractivity contribution in [3.05, 3.63) is 60.1 Å². The van der Waals surface area contributed by atoms with E-state index in [1.54, 1.807) is 26.4 Å². The van der Waals surface area contributed by atoms with Crippen LogP contribution in [0.3, 0.4) is 0 Å². The maximum Gasteiger partial charge on any atom is 0.244 e. The zero-order chi connectivity index (χ0) is 17.6. The first-order chi connectivity index (χ1) is 12.2. The normalized spacial score (nSPS) is 11.0. The second-order valence-corrected chi connectivity index (χ2v) is 5.20. The molecule has 7 heteroatoms. The highest BCUT2D eigenvalue weighted by molar-refractivity contribution is 5.92. The summed E-state index contributed by atoms with van der Waals surface area (Å²) in [5, 5.41) is 10.9. The van der Waals surface area contributed by atoms with Gasteiger partial charge in [-0.25, -0.2) is 0 Å². The van der Waals surface area contributed by atoms with Gasteiger partial charge in [-0.15, -0.1) is 10.2 Å². The monoisotopic (exact) mass is 338 g/mol. The number of rotatable bonds is 6. The van der Waals surface area contributed by atoms with Crippen LogP contribution >= 0.6 is 0 Å². The van der Waals surface area contributed by atoms with Gasteiger partial charge in [-0.1, -0.05) is 6.07 Å². The minimum absolute atomic E-state index is 0.231. The first-order valence-electron chi connectivity index (χ1n) is 7.68. The molecular formula is C18H18N4O3. The van der Waals surface area contributed by atoms with E-state index in [0.29, 0.717) is 17.3 Å². The quantitative estimate of drug-likeness (QED) is 0.696. The second kappa shape index (κ2) is 7.48. The summed E-state index contributed by atoms with van der Waals surface area (Å²) in [7, 11) is 3.16. The zero-order valence-corrected chi connectivity index (χ0v) is 14.0. The Balaban J connectivity index is 1.65. The van der Waals surface area contributed by atoms with Gasteiger partial charge in [0.1, 0.15) is 11.5 Å². The molecule has 0 bridgehead atoms. The lowest BCUT2D eigenvalue weighted by Crippen LogP contribution is -2.21. The Morgan fingerprint density at radius 1 is 1.20 bits per heavy atom. The lowest BCUT2D eigenvalue weighted by atomic mass is 10.1. The first-order valence-corrected chi connectivity index (χ1v) is 7.68. The lowest BCUT2D eigenvalue weighted by molar-refractivity contribution is -0.116. The lowest BCUT2D eigenvalue weighted by Gasteiger charge is -2.07. The van der Waals surface area contributed by atoms with Gasteiger partial charge in [-0.3, -0.25) is 9.20 Å². The van der Waals surface area contributed by atoms with E-state index in [1.807, 2.05) is 40.9 Å². The summed E-state index contributed by atoms with van der Waals surface area (Å²) >= 11 is 0. The standard InChI is InChI=1S/C18H18N4O3/c1-24-14-8-6-13(15(11-14)25-2)7-9-18(23)19-12-17-21-20-16-5-3-4-10-22(16)17/h3-11H,12H2,1-2H3,(H,19,23)/b9-7+. The molecule has 1 amide bonds. The van der Waals surface area contributed by atoms with Crippen LogP contribution in [0.25, 0.3) is 11.7 Å². The molecule has 0 aliphatic rings. The topological polar surface area (TPSA) is 77.8 Å². The second-order valence-electron chi connectivity index (χ2n) is 5.20. The molecule has 0 saturated carbocycles. The minimum atomic E-state index is -0.231. The largest absolute Gasteiger partial charge is 0.497 e. The molecule has 3 rings (SSSR count). The van der Waals surface area contributed by atoms with Crippen LogP contribution in [-0.2, 0) is 11.3 Å². The highest BCUT2D eigenvalue weighted by Crippen LogP contribution is 2.25. The van der Waals surface area contributed by atoms with E-state index in [9.17, 15) is 4.79 Å². The SMILES string of the molecule is COc1ccc(/C=C/C(=O)NCc2nnc3ccccn23)c(OC)c1. The number of fused-ring (bicyclic) bond motifs is 1. The van der Waals surface area contributed by atoms with Gasteiger partial charge in [0.05, 0.1) is 20.8 Å². The van der Waals surface area contributed by atoms with Crippen LogP contribution in [0.1, 0.15) is 11.4 Å². The summed E-state index contributed by atoms with van der Waals surface area (Å²) in [4.78, 5) is 12.0. The van der Waals surface area contributed by atoms with Gasteiger partial charge in [0.15, 0.2) is 11.5 Å². The summed E-state index contributed by atoms with van der Waals surface area (Å²) in [6, 6.07) is 11.0. The third kappa shape index (κ3) is 3.77. The van der Waals surface area contributed by atoms with Gasteiger partial charge in [-0.2, -0.15) is 0 Å². The Kier molecular flexibility index (Phi) is 4.94. The number of hydrogen-bond donors (Lipinski definition) is 1. The molecule has 1 aromatic carbocycles. The predicted molar refractivity (Wildman–Crippen MR) is 93.4 cm³/mol. The van der Waals surface area contributed by atoms with E-state index in [4.69, 9.17) is 9.47 Å². The van der Waals surface area contributed by atoms with Gasteiger partial charge in [0.2, 0.25) is 5.91 Å². The molecule has 0 aliphatic heterocycles. The van der Waals surface area contributed by atoms with E-state index < -0.39 is 0 Å². The number of nitrogens with zero attached hydrogens (tertiary/aromatic N) is 3. The number of amides is 1. The fourth-order valence-electron chi connectivity index (χ4n) is 2.36. The molecule has 2 aromatic heterocycles. The Labute approximate surface area is 144 Å². The highest BCUT2D eigenvalue weighted by atomic mass is 16.5. The maximum absolute atomic E-state index is 12.0. The van der Waals surface area contributed by atoms with E-state index in [2.05, 4.69) is 15.5 Å². The van der Waals surface area contributed by atoms with Crippen LogP contribution in [0, 0.1) is 0 Å². The van der Waals surface area contributed by atoms with Crippen LogP contribution in [0.4, 0.5) is 0 Å². The van der Waals surface area contributed by atoms with Crippen molar-refractivity contribution in [2.24, 2.45) is 0 Å². The third-order valence-corrected chi connectivity index (χ3v) is 3.66. The van der Waals surface area contributed by atoms with Crippen molar-refractivity contribution in [3.8, 4) is 11.5 Å². The molecule has 0 fully saturated rings. The molecule has 25 heavy (non-hydrogen) atoms. The van der Waals surface area contributed by atoms with Gasteiger partial charge >= 0.3 is 0 Å². The molecule has 7 nitrogen and oxygen atoms in total. The average Bonchev–Trinajstić information content (AvgIpc) is 3.07. The van der Waals surface area contributed by atoms with Crippen LogP contribution in [0.15, 0.2) is 48.7 Å².